The van der Waals surface area contributed by atoms with Crippen LogP contribution in [0.1, 0.15) is 34.6 Å². The zero-order chi connectivity index (χ0) is 42.8. The van der Waals surface area contributed by atoms with Gasteiger partial charge in [0.2, 0.25) is 0 Å². The highest BCUT2D eigenvalue weighted by Crippen LogP contribution is 2.81. The maximum absolute atomic E-state index is 13.7. The minimum absolute atomic E-state index is 0.0694. The maximum atomic E-state index is 13.7. The summed E-state index contributed by atoms with van der Waals surface area (Å²) in [5, 5.41) is 0. The second-order valence-electron chi connectivity index (χ2n) is 10.6. The van der Waals surface area contributed by atoms with Crippen molar-refractivity contribution in [3.8, 4) is 11.5 Å². The lowest BCUT2D eigenvalue weighted by molar-refractivity contribution is -0.141. The third-order valence-corrected chi connectivity index (χ3v) is 23.4. The average molecular weight is 937 g/mol. The van der Waals surface area contributed by atoms with E-state index in [1.54, 1.807) is 0 Å². The first kappa shape index (κ1) is 47.8. The Hall–Kier alpha value is -2.86. The Morgan fingerprint density at radius 1 is 0.448 bits per heavy atom. The summed E-state index contributed by atoms with van der Waals surface area (Å²) < 4.78 is 105. The first-order valence-corrected chi connectivity index (χ1v) is 25.3. The molecule has 322 valence electrons. The predicted molar refractivity (Wildman–Crippen MR) is 210 cm³/mol. The molecule has 0 spiro atoms. The molecule has 0 aliphatic carbocycles. The Bertz CT molecular complexity index is 2220. The molecular formula is C28H42N6O18P6. The summed E-state index contributed by atoms with van der Waals surface area (Å²) in [4.78, 5) is 49.9. The molecule has 0 fully saturated rings. The molecule has 2 heterocycles. The number of hydrogen-bond donors (Lipinski definition) is 0. The van der Waals surface area contributed by atoms with Gasteiger partial charge in [0.05, 0.1) is 17.7 Å². The van der Waals surface area contributed by atoms with E-state index in [1.807, 2.05) is 0 Å². The van der Waals surface area contributed by atoms with Crippen molar-refractivity contribution in [2.24, 2.45) is 27.1 Å². The molecule has 2 aliphatic heterocycles. The van der Waals surface area contributed by atoms with E-state index in [-0.39, 0.29) is 35.8 Å². The van der Waals surface area contributed by atoms with Crippen LogP contribution in [0.25, 0.3) is 0 Å². The van der Waals surface area contributed by atoms with E-state index in [9.17, 15) is 19.2 Å². The van der Waals surface area contributed by atoms with Gasteiger partial charge in [0, 0.05) is 70.7 Å². The Morgan fingerprint density at radius 3 is 1.21 bits per heavy atom. The number of nitrogens with zero attached hydrogens (tertiary/aromatic N) is 6. The van der Waals surface area contributed by atoms with Crippen LogP contribution in [0.3, 0.4) is 0 Å². The van der Waals surface area contributed by atoms with Crippen molar-refractivity contribution in [2.45, 2.75) is 13.8 Å². The van der Waals surface area contributed by atoms with E-state index in [0.29, 0.717) is 0 Å². The van der Waals surface area contributed by atoms with Crippen LogP contribution in [0.15, 0.2) is 75.6 Å². The standard InChI is InChI=1S/C28H42N6O18P6/c1-21(35)47-19-20-48-55(43-7)29-53(39-3,40-4)31-57(33-55,45-9)51-27(37)23-11-13-24(14-12-23)28(38)52-58(46-10)32-54(41-5,42-6)30-56(34-58,44-8)50-26-17-15-25(16-18-26)49-22(2)36/h11-18H,19-20H2,1-10H3. The molecule has 30 heteroatoms. The fourth-order valence-electron chi connectivity index (χ4n) is 4.30. The van der Waals surface area contributed by atoms with Crippen LogP contribution in [-0.2, 0) is 64.1 Å². The molecule has 24 nitrogen and oxygen atoms in total. The molecule has 0 saturated carbocycles. The van der Waals surface area contributed by atoms with Gasteiger partial charge in [-0.15, -0.1) is 27.1 Å². The molecule has 2 aromatic carbocycles. The molecule has 0 amide bonds. The number of carbonyl (C=O) groups is 4. The van der Waals surface area contributed by atoms with Crippen LogP contribution < -0.4 is 9.26 Å². The molecule has 0 aromatic heterocycles. The van der Waals surface area contributed by atoms with Gasteiger partial charge in [0.1, 0.15) is 18.1 Å². The number of benzene rings is 2. The molecule has 0 N–H and O–H groups in total. The highest BCUT2D eigenvalue weighted by molar-refractivity contribution is 7.79. The summed E-state index contributed by atoms with van der Waals surface area (Å²) in [7, 11) is -12.8. The van der Waals surface area contributed by atoms with Gasteiger partial charge in [-0.25, -0.2) is 9.59 Å². The summed E-state index contributed by atoms with van der Waals surface area (Å²) in [6.07, 6.45) is 0. The molecule has 58 heavy (non-hydrogen) atoms. The summed E-state index contributed by atoms with van der Waals surface area (Å²) in [5.74, 6) is -2.58. The summed E-state index contributed by atoms with van der Waals surface area (Å²) in [6.45, 7) is 2.12. The predicted octanol–water partition coefficient (Wildman–Crippen LogP) is 9.46. The van der Waals surface area contributed by atoms with Gasteiger partial charge in [-0.2, -0.15) is 0 Å². The number of rotatable bonds is 19. The van der Waals surface area contributed by atoms with Crippen molar-refractivity contribution in [1.29, 1.82) is 0 Å². The fraction of sp³-hybridized carbons (Fsp3) is 0.429. The molecular weight excluding hydrogens is 894 g/mol. The van der Waals surface area contributed by atoms with Gasteiger partial charge in [-0.05, 0) is 48.5 Å². The first-order chi connectivity index (χ1) is 27.5. The van der Waals surface area contributed by atoms with E-state index in [4.69, 9.17) is 63.8 Å². The van der Waals surface area contributed by atoms with Gasteiger partial charge < -0.3 is 63.8 Å². The summed E-state index contributed by atoms with van der Waals surface area (Å²) in [5.41, 5.74) is -0.140. The second-order valence-corrected chi connectivity index (χ2v) is 24.5. The van der Waals surface area contributed by atoms with Crippen LogP contribution in [0.2, 0.25) is 0 Å². The van der Waals surface area contributed by atoms with Gasteiger partial charge in [-0.3, -0.25) is 9.59 Å². The Labute approximate surface area is 334 Å². The van der Waals surface area contributed by atoms with Gasteiger partial charge in [0.25, 0.3) is 0 Å². The van der Waals surface area contributed by atoms with Gasteiger partial charge in [-0.1, -0.05) is 0 Å². The van der Waals surface area contributed by atoms with E-state index in [1.165, 1.54) is 119 Å². The lowest BCUT2D eigenvalue weighted by Gasteiger charge is -2.30. The molecule has 4 rings (SSSR count). The van der Waals surface area contributed by atoms with E-state index >= 15 is 0 Å². The molecule has 2 aromatic rings. The average Bonchev–Trinajstić information content (AvgIpc) is 3.22. The molecule has 4 unspecified atom stereocenters. The smallest absolute Gasteiger partial charge is 0.405 e. The summed E-state index contributed by atoms with van der Waals surface area (Å²) in [6, 6.07) is 11.0. The maximum Gasteiger partial charge on any atom is 0.405 e. The zero-order valence-corrected chi connectivity index (χ0v) is 38.1. The lowest BCUT2D eigenvalue weighted by Crippen LogP contribution is -2.10. The monoisotopic (exact) mass is 936 g/mol. The molecule has 0 radical (unpaired) electrons. The van der Waals surface area contributed by atoms with Crippen molar-refractivity contribution in [3.05, 3.63) is 59.7 Å². The van der Waals surface area contributed by atoms with Crippen molar-refractivity contribution >= 4 is 69.8 Å². The fourth-order valence-corrected chi connectivity index (χ4v) is 21.9. The van der Waals surface area contributed by atoms with E-state index < -0.39 is 69.8 Å². The van der Waals surface area contributed by atoms with E-state index in [0.717, 1.165) is 0 Å². The molecule has 4 atom stereocenters. The minimum atomic E-state index is -4.04. The van der Waals surface area contributed by atoms with Crippen LogP contribution in [0.4, 0.5) is 0 Å². The van der Waals surface area contributed by atoms with Crippen molar-refractivity contribution in [2.75, 3.05) is 70.1 Å². The molecule has 0 bridgehead atoms. The topological polar surface area (TPSA) is 272 Å². The van der Waals surface area contributed by atoms with Crippen LogP contribution >= 0.6 is 46.0 Å². The van der Waals surface area contributed by atoms with Gasteiger partial charge in [0.15, 0.2) is 0 Å². The number of hydrogen-bond acceptors (Lipinski definition) is 24. The quantitative estimate of drug-likeness (QED) is 0.0548. The van der Waals surface area contributed by atoms with Crippen molar-refractivity contribution in [3.63, 3.8) is 0 Å². The molecule has 2 aliphatic rings. The normalized spacial score (nSPS) is 25.4. The SMILES string of the molecule is COP1(OC)=NP(OC)(OC(=O)c2ccc(C(=O)OP3(OC)=NP(OC)(Oc4ccc(OC(C)=O)cc4)=NP(OC)(OC)=N3)cc2)=NP(OC)(OCCOC(C)=O)=N1. The Morgan fingerprint density at radius 2 is 0.810 bits per heavy atom. The molecule has 0 saturated heterocycles. The first-order valence-electron chi connectivity index (χ1n) is 16.1. The number of esters is 2. The Balaban J connectivity index is 1.65. The van der Waals surface area contributed by atoms with Crippen molar-refractivity contribution < 1.29 is 82.9 Å². The largest absolute Gasteiger partial charge is 0.463 e. The highest BCUT2D eigenvalue weighted by atomic mass is 31.3. The zero-order valence-electron chi connectivity index (χ0n) is 32.7. The van der Waals surface area contributed by atoms with Gasteiger partial charge >= 0.3 is 69.8 Å². The third kappa shape index (κ3) is 11.5. The van der Waals surface area contributed by atoms with E-state index in [2.05, 4.69) is 27.1 Å². The second kappa shape index (κ2) is 20.1. The summed E-state index contributed by atoms with van der Waals surface area (Å²) >= 11 is 0. The highest BCUT2D eigenvalue weighted by Gasteiger charge is 2.45. The Kier molecular flexibility index (Phi) is 16.6. The van der Waals surface area contributed by atoms with Crippen molar-refractivity contribution in [1.82, 2.24) is 0 Å². The van der Waals surface area contributed by atoms with Crippen LogP contribution in [-0.4, -0.2) is 94.0 Å². The third-order valence-electron chi connectivity index (χ3n) is 6.98. The number of carbonyl (C=O) groups excluding carboxylic acids is 4. The van der Waals surface area contributed by atoms with Crippen LogP contribution in [0.5, 0.6) is 11.5 Å². The van der Waals surface area contributed by atoms with Crippen LogP contribution in [0, 0.1) is 0 Å². The number of ether oxygens (including phenoxy) is 2. The lowest BCUT2D eigenvalue weighted by atomic mass is 10.1. The minimum Gasteiger partial charge on any atom is -0.463 e.